The maximum atomic E-state index is 12.9. The van der Waals surface area contributed by atoms with Crippen molar-refractivity contribution in [3.05, 3.63) is 53.4 Å². The highest BCUT2D eigenvalue weighted by Crippen LogP contribution is 2.26. The molecule has 1 aromatic heterocycles. The summed E-state index contributed by atoms with van der Waals surface area (Å²) in [7, 11) is 0. The standard InChI is InChI=1S/C11H13F2N.C9H12N2.C4H8/c1-4-8(3)14-11-6-10(13)9(12)5-7(11)2;1-3-8-5-6-10-7-9(8)11-4-2;1-4-2-3-4/h5-6H,4H2,1-3H3;4-7H,3H2,1-2H3;4H,2-3H2,1H3. The zero-order valence-corrected chi connectivity index (χ0v) is 18.5. The Morgan fingerprint density at radius 1 is 1.17 bits per heavy atom. The van der Waals surface area contributed by atoms with E-state index in [2.05, 4.69) is 28.8 Å². The van der Waals surface area contributed by atoms with E-state index in [4.69, 9.17) is 0 Å². The third kappa shape index (κ3) is 9.55. The smallest absolute Gasteiger partial charge is 0.160 e. The molecule has 1 aliphatic rings. The molecule has 0 unspecified atom stereocenters. The Balaban J connectivity index is 0.000000247. The molecule has 3 rings (SSSR count). The van der Waals surface area contributed by atoms with Crippen LogP contribution in [0.1, 0.15) is 65.0 Å². The van der Waals surface area contributed by atoms with Crippen LogP contribution in [0, 0.1) is 24.5 Å². The van der Waals surface area contributed by atoms with Gasteiger partial charge in [-0.05, 0) is 62.8 Å². The zero-order chi connectivity index (χ0) is 21.8. The Hall–Kier alpha value is -2.43. The van der Waals surface area contributed by atoms with E-state index in [1.807, 2.05) is 26.8 Å². The van der Waals surface area contributed by atoms with Crippen LogP contribution in [0.5, 0.6) is 0 Å². The Morgan fingerprint density at radius 3 is 2.31 bits per heavy atom. The summed E-state index contributed by atoms with van der Waals surface area (Å²) in [5.41, 5.74) is 4.29. The van der Waals surface area contributed by atoms with Crippen molar-refractivity contribution in [2.75, 3.05) is 0 Å². The number of aromatic nitrogens is 1. The first-order valence-electron chi connectivity index (χ1n) is 10.2. The van der Waals surface area contributed by atoms with Gasteiger partial charge >= 0.3 is 0 Å². The van der Waals surface area contributed by atoms with Gasteiger partial charge in [0.2, 0.25) is 0 Å². The van der Waals surface area contributed by atoms with Crippen LogP contribution in [0.25, 0.3) is 0 Å². The molecule has 0 aliphatic heterocycles. The van der Waals surface area contributed by atoms with E-state index < -0.39 is 11.6 Å². The van der Waals surface area contributed by atoms with Gasteiger partial charge in [0.15, 0.2) is 11.6 Å². The summed E-state index contributed by atoms with van der Waals surface area (Å²) < 4.78 is 25.6. The Kier molecular flexibility index (Phi) is 11.0. The fourth-order valence-electron chi connectivity index (χ4n) is 2.18. The Bertz CT molecular complexity index is 825. The average molecular weight is 402 g/mol. The number of aliphatic imine (C=N–C) groups is 2. The van der Waals surface area contributed by atoms with Crippen molar-refractivity contribution in [2.24, 2.45) is 15.9 Å². The highest BCUT2D eigenvalue weighted by Gasteiger charge is 2.12. The maximum Gasteiger partial charge on any atom is 0.160 e. The normalized spacial score (nSPS) is 13.4. The Morgan fingerprint density at radius 2 is 1.79 bits per heavy atom. The second-order valence-electron chi connectivity index (χ2n) is 7.18. The monoisotopic (exact) mass is 401 g/mol. The minimum atomic E-state index is -0.849. The third-order valence-electron chi connectivity index (χ3n) is 4.46. The van der Waals surface area contributed by atoms with E-state index >= 15 is 0 Å². The summed E-state index contributed by atoms with van der Waals surface area (Å²) in [6, 6.07) is 4.29. The van der Waals surface area contributed by atoms with Gasteiger partial charge in [-0.1, -0.05) is 33.6 Å². The molecule has 0 radical (unpaired) electrons. The topological polar surface area (TPSA) is 37.6 Å². The lowest BCUT2D eigenvalue weighted by atomic mass is 10.2. The van der Waals surface area contributed by atoms with E-state index in [9.17, 15) is 8.78 Å². The highest BCUT2D eigenvalue weighted by molar-refractivity contribution is 5.84. The first-order valence-corrected chi connectivity index (χ1v) is 10.2. The molecule has 0 saturated heterocycles. The van der Waals surface area contributed by atoms with Gasteiger partial charge in [0.25, 0.3) is 0 Å². The van der Waals surface area contributed by atoms with Crippen LogP contribution in [-0.2, 0) is 6.42 Å². The molecule has 3 nitrogen and oxygen atoms in total. The van der Waals surface area contributed by atoms with E-state index in [0.717, 1.165) is 42.3 Å². The lowest BCUT2D eigenvalue weighted by Gasteiger charge is -2.02. The molecule has 1 aliphatic carbocycles. The van der Waals surface area contributed by atoms with Crippen LogP contribution in [0.4, 0.5) is 20.2 Å². The van der Waals surface area contributed by atoms with Gasteiger partial charge in [-0.2, -0.15) is 0 Å². The first-order chi connectivity index (χ1) is 13.8. The molecule has 1 aromatic carbocycles. The summed E-state index contributed by atoms with van der Waals surface area (Å²) in [5.74, 6) is -0.589. The number of hydrogen-bond acceptors (Lipinski definition) is 3. The van der Waals surface area contributed by atoms with Gasteiger partial charge in [-0.3, -0.25) is 15.0 Å². The number of aryl methyl sites for hydroxylation is 2. The second-order valence-corrected chi connectivity index (χ2v) is 7.18. The molecular formula is C24H33F2N3. The quantitative estimate of drug-likeness (QED) is 0.487. The highest BCUT2D eigenvalue weighted by atomic mass is 19.2. The minimum absolute atomic E-state index is 0.503. The van der Waals surface area contributed by atoms with Crippen LogP contribution in [0.2, 0.25) is 0 Å². The minimum Gasteiger partial charge on any atom is -0.262 e. The van der Waals surface area contributed by atoms with E-state index in [1.54, 1.807) is 25.5 Å². The van der Waals surface area contributed by atoms with Crippen molar-refractivity contribution in [1.29, 1.82) is 0 Å². The SMILES string of the molecule is CC1CC1.CC=Nc1cnccc1CC.CCC(C)=Nc1cc(F)c(F)cc1C. The van der Waals surface area contributed by atoms with Gasteiger partial charge in [0.05, 0.1) is 17.6 Å². The van der Waals surface area contributed by atoms with Crippen molar-refractivity contribution in [3.8, 4) is 0 Å². The van der Waals surface area contributed by atoms with Crippen LogP contribution in [-0.4, -0.2) is 16.9 Å². The number of hydrogen-bond donors (Lipinski definition) is 0. The van der Waals surface area contributed by atoms with Crippen molar-refractivity contribution in [1.82, 2.24) is 4.98 Å². The number of benzene rings is 1. The maximum absolute atomic E-state index is 12.9. The number of pyridine rings is 1. The summed E-state index contributed by atoms with van der Waals surface area (Å²) in [6.07, 6.45) is 10.2. The molecule has 0 spiro atoms. The summed E-state index contributed by atoms with van der Waals surface area (Å²) >= 11 is 0. The number of nitrogens with zero attached hydrogens (tertiary/aromatic N) is 3. The molecule has 0 atom stereocenters. The molecule has 5 heteroatoms. The second kappa shape index (κ2) is 12.9. The molecule has 2 aromatic rings. The molecule has 0 amide bonds. The van der Waals surface area contributed by atoms with Crippen LogP contribution in [0.3, 0.4) is 0 Å². The van der Waals surface area contributed by atoms with Gasteiger partial charge in [0, 0.05) is 24.2 Å². The van der Waals surface area contributed by atoms with Gasteiger partial charge < -0.3 is 0 Å². The average Bonchev–Trinajstić information content (AvgIpc) is 3.49. The molecule has 29 heavy (non-hydrogen) atoms. The van der Waals surface area contributed by atoms with E-state index in [1.165, 1.54) is 18.4 Å². The van der Waals surface area contributed by atoms with Crippen molar-refractivity contribution < 1.29 is 8.78 Å². The van der Waals surface area contributed by atoms with Crippen LogP contribution >= 0.6 is 0 Å². The van der Waals surface area contributed by atoms with Crippen molar-refractivity contribution >= 4 is 23.3 Å². The lowest BCUT2D eigenvalue weighted by Crippen LogP contribution is -1.90. The van der Waals surface area contributed by atoms with E-state index in [0.29, 0.717) is 11.3 Å². The van der Waals surface area contributed by atoms with Crippen molar-refractivity contribution in [3.63, 3.8) is 0 Å². The predicted molar refractivity (Wildman–Crippen MR) is 120 cm³/mol. The fraction of sp³-hybridized carbons (Fsp3) is 0.458. The van der Waals surface area contributed by atoms with Gasteiger partial charge in [-0.15, -0.1) is 0 Å². The molecule has 158 valence electrons. The third-order valence-corrected chi connectivity index (χ3v) is 4.46. The number of rotatable bonds is 4. The zero-order valence-electron chi connectivity index (χ0n) is 18.5. The van der Waals surface area contributed by atoms with Crippen LogP contribution < -0.4 is 0 Å². The van der Waals surface area contributed by atoms with Crippen LogP contribution in [0.15, 0.2) is 40.6 Å². The summed E-state index contributed by atoms with van der Waals surface area (Å²) in [6.45, 7) is 11.8. The Labute approximate surface area is 174 Å². The summed E-state index contributed by atoms with van der Waals surface area (Å²) in [4.78, 5) is 12.4. The molecule has 1 fully saturated rings. The fourth-order valence-corrected chi connectivity index (χ4v) is 2.18. The molecule has 1 saturated carbocycles. The largest absolute Gasteiger partial charge is 0.262 e. The first kappa shape index (κ1) is 24.6. The van der Waals surface area contributed by atoms with Gasteiger partial charge in [-0.25, -0.2) is 8.78 Å². The molecular weight excluding hydrogens is 368 g/mol. The van der Waals surface area contributed by atoms with E-state index in [-0.39, 0.29) is 0 Å². The molecule has 0 bridgehead atoms. The molecule has 0 N–H and O–H groups in total. The number of halogens is 2. The molecule has 1 heterocycles. The predicted octanol–water partition coefficient (Wildman–Crippen LogP) is 7.56. The lowest BCUT2D eigenvalue weighted by molar-refractivity contribution is 0.508. The van der Waals surface area contributed by atoms with Gasteiger partial charge in [0.1, 0.15) is 0 Å². The van der Waals surface area contributed by atoms with Crippen molar-refractivity contribution in [2.45, 2.75) is 67.2 Å². The summed E-state index contributed by atoms with van der Waals surface area (Å²) in [5, 5.41) is 0.